The molecule has 0 aromatic heterocycles. The number of hydrogen-bond donors (Lipinski definition) is 2. The summed E-state index contributed by atoms with van der Waals surface area (Å²) in [4.78, 5) is 0. The van der Waals surface area contributed by atoms with Crippen molar-refractivity contribution in [2.24, 2.45) is 0 Å². The summed E-state index contributed by atoms with van der Waals surface area (Å²) in [5, 5.41) is 6.74. The van der Waals surface area contributed by atoms with Crippen molar-refractivity contribution in [1.29, 1.82) is 0 Å². The van der Waals surface area contributed by atoms with Gasteiger partial charge >= 0.3 is 17.6 Å². The van der Waals surface area contributed by atoms with E-state index >= 15 is 0 Å². The monoisotopic (exact) mass is 552 g/mol. The van der Waals surface area contributed by atoms with Crippen LogP contribution in [0.1, 0.15) is 33.6 Å². The fraction of sp³-hybridized carbons (Fsp3) is 0.556. The molecule has 0 bridgehead atoms. The second kappa shape index (κ2) is 20.2. The Morgan fingerprint density at radius 2 is 0.892 bits per heavy atom. The lowest BCUT2D eigenvalue weighted by atomic mass is 10.3. The maximum Gasteiger partial charge on any atom is 0.500 e. The summed E-state index contributed by atoms with van der Waals surface area (Å²) < 4.78 is 33.6. The molecule has 0 heterocycles. The van der Waals surface area contributed by atoms with Crippen LogP contribution in [0, 0.1) is 0 Å². The van der Waals surface area contributed by atoms with Gasteiger partial charge in [-0.05, 0) is 57.9 Å². The van der Waals surface area contributed by atoms with E-state index in [-0.39, 0.29) is 0 Å². The Morgan fingerprint density at radius 3 is 1.22 bits per heavy atom. The average Bonchev–Trinajstić information content (AvgIpc) is 2.94. The zero-order valence-electron chi connectivity index (χ0n) is 23.6. The van der Waals surface area contributed by atoms with Gasteiger partial charge in [0.2, 0.25) is 0 Å². The van der Waals surface area contributed by atoms with Crippen LogP contribution in [0.2, 0.25) is 12.1 Å². The summed E-state index contributed by atoms with van der Waals surface area (Å²) in [6, 6.07) is 22.0. The number of para-hydroxylation sites is 2. The third-order valence-corrected chi connectivity index (χ3v) is 11.5. The van der Waals surface area contributed by atoms with Crippen molar-refractivity contribution in [3.63, 3.8) is 0 Å². The third-order valence-electron chi connectivity index (χ3n) is 5.55. The highest BCUT2D eigenvalue weighted by atomic mass is 28.4. The van der Waals surface area contributed by atoms with Crippen LogP contribution >= 0.6 is 0 Å². The second-order valence-corrected chi connectivity index (χ2v) is 13.9. The molecule has 0 aliphatic rings. The van der Waals surface area contributed by atoms with Crippen molar-refractivity contribution in [2.45, 2.75) is 45.7 Å². The highest BCUT2D eigenvalue weighted by Gasteiger charge is 2.39. The van der Waals surface area contributed by atoms with Gasteiger partial charge in [0.1, 0.15) is 0 Å². The van der Waals surface area contributed by atoms with E-state index in [0.717, 1.165) is 49.4 Å². The van der Waals surface area contributed by atoms with Crippen LogP contribution in [-0.2, 0) is 26.6 Å². The first kappa shape index (κ1) is 33.3. The first-order valence-electron chi connectivity index (χ1n) is 13.2. The molecule has 0 aliphatic carbocycles. The van der Waals surface area contributed by atoms with Gasteiger partial charge in [0, 0.05) is 77.7 Å². The van der Waals surface area contributed by atoms with E-state index in [9.17, 15) is 0 Å². The molecule has 0 saturated carbocycles. The van der Waals surface area contributed by atoms with E-state index in [2.05, 4.69) is 22.8 Å². The van der Waals surface area contributed by atoms with Crippen LogP contribution < -0.4 is 10.6 Å². The molecule has 0 spiro atoms. The summed E-state index contributed by atoms with van der Waals surface area (Å²) in [6.07, 6.45) is 1.93. The topological polar surface area (TPSA) is 79.4 Å². The summed E-state index contributed by atoms with van der Waals surface area (Å²) in [5.41, 5.74) is 2.27. The van der Waals surface area contributed by atoms with Gasteiger partial charge in [0.25, 0.3) is 0 Å². The van der Waals surface area contributed by atoms with Gasteiger partial charge in [-0.2, -0.15) is 0 Å². The molecule has 0 radical (unpaired) electrons. The number of nitrogens with one attached hydrogen (secondary N) is 2. The molecule has 0 unspecified atom stereocenters. The smallest absolute Gasteiger partial charge is 0.385 e. The quantitative estimate of drug-likeness (QED) is 0.165. The Morgan fingerprint density at radius 1 is 0.541 bits per heavy atom. The minimum Gasteiger partial charge on any atom is -0.385 e. The molecule has 2 aromatic carbocycles. The highest BCUT2D eigenvalue weighted by molar-refractivity contribution is 6.61. The van der Waals surface area contributed by atoms with Crippen molar-refractivity contribution in [1.82, 2.24) is 0 Å². The van der Waals surface area contributed by atoms with E-state index in [1.54, 1.807) is 21.3 Å². The van der Waals surface area contributed by atoms with Gasteiger partial charge in [0.05, 0.1) is 0 Å². The molecule has 2 N–H and O–H groups in total. The van der Waals surface area contributed by atoms with Crippen LogP contribution in [0.25, 0.3) is 0 Å². The lowest BCUT2D eigenvalue weighted by molar-refractivity contribution is 0.0710. The van der Waals surface area contributed by atoms with E-state index < -0.39 is 17.6 Å². The molecule has 210 valence electrons. The second-order valence-electron chi connectivity index (χ2n) is 8.07. The molecule has 8 nitrogen and oxygen atoms in total. The summed E-state index contributed by atoms with van der Waals surface area (Å²) in [7, 11) is 0.0588. The maximum absolute atomic E-state index is 5.83. The molecule has 0 saturated heterocycles. The van der Waals surface area contributed by atoms with Crippen LogP contribution in [-0.4, -0.2) is 71.8 Å². The zero-order valence-corrected chi connectivity index (χ0v) is 25.6. The number of benzene rings is 2. The van der Waals surface area contributed by atoms with Crippen molar-refractivity contribution in [3.8, 4) is 0 Å². The predicted molar refractivity (Wildman–Crippen MR) is 156 cm³/mol. The van der Waals surface area contributed by atoms with Crippen LogP contribution in [0.5, 0.6) is 0 Å². The lowest BCUT2D eigenvalue weighted by Gasteiger charge is -2.28. The van der Waals surface area contributed by atoms with Gasteiger partial charge in [-0.25, -0.2) is 0 Å². The number of rotatable bonds is 19. The number of hydrogen-bond acceptors (Lipinski definition) is 8. The van der Waals surface area contributed by atoms with Gasteiger partial charge in [-0.1, -0.05) is 36.4 Å². The fourth-order valence-electron chi connectivity index (χ4n) is 3.74. The lowest BCUT2D eigenvalue weighted by Crippen LogP contribution is -2.46. The largest absolute Gasteiger partial charge is 0.500 e. The Labute approximate surface area is 226 Å². The standard InChI is InChI=1S/C15H27NO3Si.C12H21NO3Si/c1-4-17-20(18-5-2,19-6-3)14-10-13-16-15-11-8-7-9-12-15;1-14-17(15-2,16-3)11-7-10-13-12-8-5-4-6-9-12/h7-9,11-12,16H,4-6,10,13-14H2,1-3H3;4-6,8-9,13H,7,10-11H2,1-3H3. The van der Waals surface area contributed by atoms with E-state index in [1.165, 1.54) is 0 Å². The first-order valence-corrected chi connectivity index (χ1v) is 17.0. The Hall–Kier alpha value is -1.77. The molecule has 0 amide bonds. The van der Waals surface area contributed by atoms with Crippen LogP contribution in [0.3, 0.4) is 0 Å². The van der Waals surface area contributed by atoms with Crippen LogP contribution in [0.15, 0.2) is 60.7 Å². The minimum absolute atomic E-state index is 0.637. The zero-order chi connectivity index (χ0) is 27.2. The summed E-state index contributed by atoms with van der Waals surface area (Å²) >= 11 is 0. The third kappa shape index (κ3) is 13.6. The molecule has 0 aliphatic heterocycles. The van der Waals surface area contributed by atoms with Crippen molar-refractivity contribution in [2.75, 3.05) is 64.9 Å². The molecule has 2 rings (SSSR count). The van der Waals surface area contributed by atoms with Gasteiger partial charge in [0.15, 0.2) is 0 Å². The number of anilines is 2. The highest BCUT2D eigenvalue weighted by Crippen LogP contribution is 2.19. The van der Waals surface area contributed by atoms with E-state index in [1.807, 2.05) is 69.3 Å². The molecule has 37 heavy (non-hydrogen) atoms. The average molecular weight is 553 g/mol. The maximum atomic E-state index is 5.83. The normalized spacial score (nSPS) is 11.5. The van der Waals surface area contributed by atoms with Gasteiger partial charge in [-0.3, -0.25) is 0 Å². The van der Waals surface area contributed by atoms with Crippen molar-refractivity contribution >= 4 is 29.0 Å². The van der Waals surface area contributed by atoms with Crippen molar-refractivity contribution in [3.05, 3.63) is 60.7 Å². The SMILES string of the molecule is CCO[Si](CCCNc1ccccc1)(OCC)OCC.CO[Si](CCCNc1ccccc1)(OC)OC. The van der Waals surface area contributed by atoms with E-state index in [0.29, 0.717) is 19.8 Å². The molecule has 2 aromatic rings. The predicted octanol–water partition coefficient (Wildman–Crippen LogP) is 5.90. The van der Waals surface area contributed by atoms with Gasteiger partial charge < -0.3 is 37.2 Å². The van der Waals surface area contributed by atoms with E-state index in [4.69, 9.17) is 26.6 Å². The minimum atomic E-state index is -2.47. The Bertz CT molecular complexity index is 760. The molecular weight excluding hydrogens is 504 g/mol. The molecule has 0 atom stereocenters. The molecule has 10 heteroatoms. The summed E-state index contributed by atoms with van der Waals surface area (Å²) in [5.74, 6) is 0. The van der Waals surface area contributed by atoms with Gasteiger partial charge in [-0.15, -0.1) is 0 Å². The molecular formula is C27H48N2O6Si2. The molecule has 0 fully saturated rings. The summed E-state index contributed by atoms with van der Waals surface area (Å²) in [6.45, 7) is 9.65. The Kier molecular flexibility index (Phi) is 18.2. The van der Waals surface area contributed by atoms with Crippen LogP contribution in [0.4, 0.5) is 11.4 Å². The van der Waals surface area contributed by atoms with Crippen molar-refractivity contribution < 1.29 is 26.6 Å². The Balaban J connectivity index is 0.000000375. The fourth-order valence-corrected chi connectivity index (χ4v) is 8.08. The first-order chi connectivity index (χ1) is 18.0.